The quantitative estimate of drug-likeness (QED) is 0.804. The number of nitrogens with one attached hydrogen (secondary N) is 1. The van der Waals surface area contributed by atoms with Crippen LogP contribution in [0.3, 0.4) is 0 Å². The van der Waals surface area contributed by atoms with E-state index in [9.17, 15) is 4.79 Å². The Kier molecular flexibility index (Phi) is 3.73. The topological polar surface area (TPSA) is 62.1 Å². The number of H-pyrrole nitrogens is 1. The van der Waals surface area contributed by atoms with E-state index in [1.807, 2.05) is 32.0 Å². The van der Waals surface area contributed by atoms with Crippen molar-refractivity contribution in [3.8, 4) is 0 Å². The van der Waals surface area contributed by atoms with Gasteiger partial charge in [-0.2, -0.15) is 0 Å². The summed E-state index contributed by atoms with van der Waals surface area (Å²) < 4.78 is 5.90. The lowest BCUT2D eigenvalue weighted by Crippen LogP contribution is -2.35. The first-order valence-corrected chi connectivity index (χ1v) is 8.42. The van der Waals surface area contributed by atoms with Crippen LogP contribution < -0.4 is 5.56 Å². The molecule has 1 N–H and O–H groups in total. The number of aromatic amines is 1. The smallest absolute Gasteiger partial charge is 0.255 e. The first kappa shape index (κ1) is 15.1. The number of hydrogen-bond acceptors (Lipinski definition) is 4. The summed E-state index contributed by atoms with van der Waals surface area (Å²) >= 11 is 0. The fourth-order valence-corrected chi connectivity index (χ4v) is 3.24. The second-order valence-corrected chi connectivity index (χ2v) is 6.74. The molecule has 0 unspecified atom stereocenters. The summed E-state index contributed by atoms with van der Waals surface area (Å²) in [6.07, 6.45) is 0.805. The largest absolute Gasteiger partial charge is 0.460 e. The van der Waals surface area contributed by atoms with Gasteiger partial charge in [0.1, 0.15) is 17.2 Å². The van der Waals surface area contributed by atoms with Crippen LogP contribution in [0.2, 0.25) is 0 Å². The zero-order valence-corrected chi connectivity index (χ0v) is 14.0. The highest BCUT2D eigenvalue weighted by molar-refractivity contribution is 5.77. The third kappa shape index (κ3) is 2.76. The van der Waals surface area contributed by atoms with Gasteiger partial charge in [0.15, 0.2) is 0 Å². The van der Waals surface area contributed by atoms with Crippen LogP contribution in [0.5, 0.6) is 0 Å². The number of hydrogen-bond donors (Lipinski definition) is 1. The summed E-state index contributed by atoms with van der Waals surface area (Å²) in [5, 5.41) is 1.12. The molecule has 5 heteroatoms. The molecule has 124 valence electrons. The van der Waals surface area contributed by atoms with Crippen molar-refractivity contribution in [1.29, 1.82) is 0 Å². The van der Waals surface area contributed by atoms with Crippen molar-refractivity contribution in [2.24, 2.45) is 0 Å². The molecule has 5 nitrogen and oxygen atoms in total. The molecule has 24 heavy (non-hydrogen) atoms. The van der Waals surface area contributed by atoms with Crippen LogP contribution in [0.15, 0.2) is 39.5 Å². The molecule has 0 saturated carbocycles. The van der Waals surface area contributed by atoms with Gasteiger partial charge in [0.05, 0.1) is 17.8 Å². The molecular weight excluding hydrogens is 302 g/mol. The normalized spacial score (nSPS) is 15.1. The molecule has 0 saturated heterocycles. The first-order valence-electron chi connectivity index (χ1n) is 8.42. The van der Waals surface area contributed by atoms with Gasteiger partial charge in [0.2, 0.25) is 0 Å². The fourth-order valence-electron chi connectivity index (χ4n) is 3.24. The van der Waals surface area contributed by atoms with Crippen molar-refractivity contribution in [2.75, 3.05) is 6.54 Å². The van der Waals surface area contributed by atoms with Crippen molar-refractivity contribution < 1.29 is 4.42 Å². The minimum Gasteiger partial charge on any atom is -0.460 e. The van der Waals surface area contributed by atoms with Crippen LogP contribution in [-0.2, 0) is 19.5 Å². The Balaban J connectivity index is 1.57. The monoisotopic (exact) mass is 323 g/mol. The van der Waals surface area contributed by atoms with Crippen molar-refractivity contribution in [3.63, 3.8) is 0 Å². The molecule has 1 aliphatic rings. The highest BCUT2D eigenvalue weighted by Gasteiger charge is 2.22. The highest BCUT2D eigenvalue weighted by atomic mass is 16.3. The van der Waals surface area contributed by atoms with Crippen LogP contribution >= 0.6 is 0 Å². The number of aromatic nitrogens is 2. The molecule has 0 amide bonds. The van der Waals surface area contributed by atoms with E-state index in [0.29, 0.717) is 13.1 Å². The molecular formula is C19H21N3O2. The maximum absolute atomic E-state index is 12.4. The highest BCUT2D eigenvalue weighted by Crippen LogP contribution is 2.22. The molecule has 1 aromatic carbocycles. The number of para-hydroxylation sites is 1. The van der Waals surface area contributed by atoms with Gasteiger partial charge in [-0.3, -0.25) is 9.69 Å². The van der Waals surface area contributed by atoms with Crippen molar-refractivity contribution in [2.45, 2.75) is 39.3 Å². The van der Waals surface area contributed by atoms with E-state index in [0.717, 1.165) is 46.8 Å². The van der Waals surface area contributed by atoms with Gasteiger partial charge in [0.25, 0.3) is 5.56 Å². The van der Waals surface area contributed by atoms with E-state index in [4.69, 9.17) is 4.42 Å². The lowest BCUT2D eigenvalue weighted by atomic mass is 10.1. The number of nitrogens with zero attached hydrogens (tertiary/aromatic N) is 2. The van der Waals surface area contributed by atoms with Crippen molar-refractivity contribution >= 4 is 11.0 Å². The molecule has 0 spiro atoms. The van der Waals surface area contributed by atoms with Gasteiger partial charge < -0.3 is 9.40 Å². The average Bonchev–Trinajstić information content (AvgIpc) is 2.97. The van der Waals surface area contributed by atoms with E-state index in [1.165, 1.54) is 0 Å². The van der Waals surface area contributed by atoms with E-state index in [1.54, 1.807) is 0 Å². The number of rotatable bonds is 3. The molecule has 3 heterocycles. The maximum Gasteiger partial charge on any atom is 0.255 e. The maximum atomic E-state index is 12.4. The second kappa shape index (κ2) is 5.91. The van der Waals surface area contributed by atoms with Crippen LogP contribution in [0, 0.1) is 0 Å². The minimum atomic E-state index is -0.00185. The van der Waals surface area contributed by atoms with Crippen LogP contribution in [0.4, 0.5) is 0 Å². The summed E-state index contributed by atoms with van der Waals surface area (Å²) in [5.41, 5.74) is 2.65. The number of benzene rings is 1. The van der Waals surface area contributed by atoms with Gasteiger partial charge >= 0.3 is 0 Å². The molecule has 1 aliphatic heterocycles. The summed E-state index contributed by atoms with van der Waals surface area (Å²) in [5.74, 6) is 1.95. The molecule has 0 bridgehead atoms. The Hall–Kier alpha value is -2.40. The summed E-state index contributed by atoms with van der Waals surface area (Å²) in [6, 6.07) is 10.1. The van der Waals surface area contributed by atoms with Gasteiger partial charge in [-0.1, -0.05) is 32.0 Å². The zero-order chi connectivity index (χ0) is 16.7. The third-order valence-electron chi connectivity index (χ3n) is 4.57. The number of fused-ring (bicyclic) bond motifs is 2. The standard InChI is InChI=1S/C19H21N3O2/c1-12(2)18-20-16-7-8-22(11-15(16)19(23)21-18)10-14-9-13-5-3-4-6-17(13)24-14/h3-6,9,12H,7-8,10-11H2,1-2H3,(H,20,21,23). The van der Waals surface area contributed by atoms with E-state index in [-0.39, 0.29) is 11.5 Å². The molecule has 0 atom stereocenters. The van der Waals surface area contributed by atoms with E-state index < -0.39 is 0 Å². The number of furan rings is 1. The summed E-state index contributed by atoms with van der Waals surface area (Å²) in [6.45, 7) is 6.30. The van der Waals surface area contributed by atoms with Gasteiger partial charge in [-0.15, -0.1) is 0 Å². The summed E-state index contributed by atoms with van der Waals surface area (Å²) in [7, 11) is 0. The van der Waals surface area contributed by atoms with Crippen LogP contribution in [0.25, 0.3) is 11.0 Å². The molecule has 0 aliphatic carbocycles. The van der Waals surface area contributed by atoms with Crippen LogP contribution in [-0.4, -0.2) is 21.4 Å². The molecule has 4 rings (SSSR count). The minimum absolute atomic E-state index is 0.00185. The third-order valence-corrected chi connectivity index (χ3v) is 4.57. The molecule has 3 aromatic rings. The van der Waals surface area contributed by atoms with Crippen molar-refractivity contribution in [1.82, 2.24) is 14.9 Å². The van der Waals surface area contributed by atoms with E-state index in [2.05, 4.69) is 27.0 Å². The Bertz CT molecular complexity index is 906. The predicted molar refractivity (Wildman–Crippen MR) is 93.0 cm³/mol. The lowest BCUT2D eigenvalue weighted by molar-refractivity contribution is 0.224. The predicted octanol–water partition coefficient (Wildman–Crippen LogP) is 3.20. The Morgan fingerprint density at radius 2 is 2.17 bits per heavy atom. The molecule has 0 fully saturated rings. The molecule has 2 aromatic heterocycles. The van der Waals surface area contributed by atoms with Crippen LogP contribution in [0.1, 0.15) is 42.6 Å². The Morgan fingerprint density at radius 3 is 2.96 bits per heavy atom. The second-order valence-electron chi connectivity index (χ2n) is 6.74. The molecule has 0 radical (unpaired) electrons. The fraction of sp³-hybridized carbons (Fsp3) is 0.368. The SMILES string of the molecule is CC(C)c1nc2c(c(=O)[nH]1)CN(Cc1cc3ccccc3o1)CC2. The van der Waals surface area contributed by atoms with Gasteiger partial charge in [-0.05, 0) is 12.1 Å². The Morgan fingerprint density at radius 1 is 1.33 bits per heavy atom. The lowest BCUT2D eigenvalue weighted by Gasteiger charge is -2.27. The summed E-state index contributed by atoms with van der Waals surface area (Å²) in [4.78, 5) is 22.2. The van der Waals surface area contributed by atoms with E-state index >= 15 is 0 Å². The zero-order valence-electron chi connectivity index (χ0n) is 14.0. The van der Waals surface area contributed by atoms with Gasteiger partial charge in [-0.25, -0.2) is 4.98 Å². The van der Waals surface area contributed by atoms with Crippen molar-refractivity contribution in [3.05, 3.63) is 63.5 Å². The first-order chi connectivity index (χ1) is 11.6. The van der Waals surface area contributed by atoms with Gasteiger partial charge in [0, 0.05) is 30.8 Å². The Labute approximate surface area is 140 Å². The average molecular weight is 323 g/mol.